The molecule has 1 aromatic heterocycles. The molecule has 1 aromatic carbocycles. The monoisotopic (exact) mass is 286 g/mol. The number of anilines is 1. The molecule has 7 nitrogen and oxygen atoms in total. The predicted molar refractivity (Wildman–Crippen MR) is 75.2 cm³/mol. The van der Waals surface area contributed by atoms with Crippen LogP contribution in [0.2, 0.25) is 0 Å². The highest BCUT2D eigenvalue weighted by atomic mass is 16.5. The van der Waals surface area contributed by atoms with Crippen LogP contribution in [0.5, 0.6) is 5.75 Å². The highest BCUT2D eigenvalue weighted by molar-refractivity contribution is 5.98. The van der Waals surface area contributed by atoms with Crippen LogP contribution in [0.3, 0.4) is 0 Å². The number of hydrogen-bond acceptors (Lipinski definition) is 4. The van der Waals surface area contributed by atoms with Crippen molar-refractivity contribution in [3.8, 4) is 5.75 Å². The summed E-state index contributed by atoms with van der Waals surface area (Å²) in [6.45, 7) is 0.480. The minimum absolute atomic E-state index is 0.0299. The summed E-state index contributed by atoms with van der Waals surface area (Å²) in [4.78, 5) is 30.1. The van der Waals surface area contributed by atoms with E-state index in [1.165, 1.54) is 0 Å². The van der Waals surface area contributed by atoms with Crippen molar-refractivity contribution in [2.45, 2.75) is 6.42 Å². The number of aromatic amines is 1. The molecule has 2 amide bonds. The Labute approximate surface area is 120 Å². The molecule has 2 heterocycles. The van der Waals surface area contributed by atoms with Gasteiger partial charge in [0, 0.05) is 30.4 Å². The van der Waals surface area contributed by atoms with Gasteiger partial charge in [0.15, 0.2) is 6.61 Å². The van der Waals surface area contributed by atoms with Gasteiger partial charge in [0.2, 0.25) is 0 Å². The molecule has 1 aliphatic rings. The summed E-state index contributed by atoms with van der Waals surface area (Å²) in [6.07, 6.45) is 4.01. The molecule has 7 heteroatoms. The van der Waals surface area contributed by atoms with E-state index < -0.39 is 0 Å². The largest absolute Gasteiger partial charge is 0.482 e. The second-order valence-corrected chi connectivity index (χ2v) is 4.63. The van der Waals surface area contributed by atoms with Crippen LogP contribution in [0.4, 0.5) is 5.69 Å². The van der Waals surface area contributed by atoms with Gasteiger partial charge in [-0.15, -0.1) is 0 Å². The summed E-state index contributed by atoms with van der Waals surface area (Å²) < 4.78 is 5.28. The van der Waals surface area contributed by atoms with E-state index in [1.807, 2.05) is 0 Å². The number of nitrogens with one attached hydrogen (secondary N) is 3. The Balaban J connectivity index is 1.61. The third-order valence-electron chi connectivity index (χ3n) is 3.11. The first kappa shape index (κ1) is 13.2. The fraction of sp³-hybridized carbons (Fsp3) is 0.214. The number of amides is 2. The van der Waals surface area contributed by atoms with Gasteiger partial charge in [-0.05, 0) is 18.2 Å². The Morgan fingerprint density at radius 1 is 1.43 bits per heavy atom. The topological polar surface area (TPSA) is 96.1 Å². The van der Waals surface area contributed by atoms with Crippen molar-refractivity contribution in [3.05, 3.63) is 42.0 Å². The molecule has 1 aliphatic heterocycles. The van der Waals surface area contributed by atoms with Crippen LogP contribution in [0.25, 0.3) is 0 Å². The van der Waals surface area contributed by atoms with Crippen molar-refractivity contribution in [3.63, 3.8) is 0 Å². The molecule has 108 valence electrons. The number of benzene rings is 1. The zero-order chi connectivity index (χ0) is 14.7. The zero-order valence-electron chi connectivity index (χ0n) is 11.2. The molecule has 0 aliphatic carbocycles. The van der Waals surface area contributed by atoms with E-state index in [0.29, 0.717) is 30.0 Å². The summed E-state index contributed by atoms with van der Waals surface area (Å²) in [5, 5.41) is 5.50. The van der Waals surface area contributed by atoms with E-state index >= 15 is 0 Å². The smallest absolute Gasteiger partial charge is 0.262 e. The van der Waals surface area contributed by atoms with Gasteiger partial charge >= 0.3 is 0 Å². The maximum absolute atomic E-state index is 12.0. The number of rotatable bonds is 4. The van der Waals surface area contributed by atoms with E-state index in [0.717, 1.165) is 5.69 Å². The van der Waals surface area contributed by atoms with Gasteiger partial charge in [0.1, 0.15) is 5.75 Å². The Morgan fingerprint density at radius 2 is 2.33 bits per heavy atom. The molecule has 0 fully saturated rings. The molecule has 0 saturated carbocycles. The maximum atomic E-state index is 12.0. The molecule has 0 saturated heterocycles. The minimum atomic E-state index is -0.195. The summed E-state index contributed by atoms with van der Waals surface area (Å²) >= 11 is 0. The third-order valence-corrected chi connectivity index (χ3v) is 3.11. The normalized spacial score (nSPS) is 13.0. The first-order valence-electron chi connectivity index (χ1n) is 6.54. The van der Waals surface area contributed by atoms with Crippen molar-refractivity contribution in [1.82, 2.24) is 15.3 Å². The molecular formula is C14H14N4O3. The van der Waals surface area contributed by atoms with Gasteiger partial charge in [-0.3, -0.25) is 9.59 Å². The standard InChI is InChI=1S/C14H14N4O3/c19-13-7-21-12-5-9(1-2-11(12)18-13)14(20)16-4-3-10-6-15-8-17-10/h1-2,5-6,8H,3-4,7H2,(H,15,17)(H,16,20)(H,18,19). The summed E-state index contributed by atoms with van der Waals surface area (Å²) in [5.41, 5.74) is 2.04. The number of carbonyl (C=O) groups is 2. The third kappa shape index (κ3) is 3.02. The summed E-state index contributed by atoms with van der Waals surface area (Å²) in [7, 11) is 0. The lowest BCUT2D eigenvalue weighted by Gasteiger charge is -2.18. The van der Waals surface area contributed by atoms with E-state index in [9.17, 15) is 9.59 Å². The highest BCUT2D eigenvalue weighted by Gasteiger charge is 2.17. The number of H-pyrrole nitrogens is 1. The molecule has 3 rings (SSSR count). The fourth-order valence-corrected chi connectivity index (χ4v) is 2.05. The first-order valence-corrected chi connectivity index (χ1v) is 6.54. The van der Waals surface area contributed by atoms with E-state index in [2.05, 4.69) is 20.6 Å². The van der Waals surface area contributed by atoms with Crippen molar-refractivity contribution in [1.29, 1.82) is 0 Å². The van der Waals surface area contributed by atoms with Crippen LogP contribution in [-0.4, -0.2) is 34.9 Å². The second kappa shape index (κ2) is 5.66. The lowest BCUT2D eigenvalue weighted by molar-refractivity contribution is -0.118. The second-order valence-electron chi connectivity index (χ2n) is 4.63. The lowest BCUT2D eigenvalue weighted by Crippen LogP contribution is -2.27. The molecule has 0 spiro atoms. The van der Waals surface area contributed by atoms with Gasteiger partial charge in [-0.1, -0.05) is 0 Å². The van der Waals surface area contributed by atoms with Crippen LogP contribution >= 0.6 is 0 Å². The number of ether oxygens (including phenoxy) is 1. The van der Waals surface area contributed by atoms with Crippen molar-refractivity contribution < 1.29 is 14.3 Å². The highest BCUT2D eigenvalue weighted by Crippen LogP contribution is 2.28. The number of aromatic nitrogens is 2. The van der Waals surface area contributed by atoms with Gasteiger partial charge in [-0.25, -0.2) is 4.98 Å². The number of hydrogen-bond donors (Lipinski definition) is 3. The average molecular weight is 286 g/mol. The molecular weight excluding hydrogens is 272 g/mol. The lowest BCUT2D eigenvalue weighted by atomic mass is 10.1. The molecule has 0 atom stereocenters. The number of imidazole rings is 1. The number of carbonyl (C=O) groups excluding carboxylic acids is 2. The van der Waals surface area contributed by atoms with Crippen molar-refractivity contribution in [2.75, 3.05) is 18.5 Å². The van der Waals surface area contributed by atoms with E-state index in [1.54, 1.807) is 30.7 Å². The SMILES string of the molecule is O=C1COc2cc(C(=O)NCCc3cnc[nH]3)ccc2N1. The Morgan fingerprint density at radius 3 is 3.14 bits per heavy atom. The van der Waals surface area contributed by atoms with Gasteiger partial charge in [-0.2, -0.15) is 0 Å². The molecule has 0 unspecified atom stereocenters. The van der Waals surface area contributed by atoms with E-state index in [-0.39, 0.29) is 18.4 Å². The summed E-state index contributed by atoms with van der Waals surface area (Å²) in [5.74, 6) is 0.132. The molecule has 2 aromatic rings. The van der Waals surface area contributed by atoms with Gasteiger partial charge in [0.05, 0.1) is 12.0 Å². The zero-order valence-corrected chi connectivity index (χ0v) is 11.2. The fourth-order valence-electron chi connectivity index (χ4n) is 2.05. The Kier molecular flexibility index (Phi) is 3.55. The maximum Gasteiger partial charge on any atom is 0.262 e. The molecule has 3 N–H and O–H groups in total. The number of nitrogens with zero attached hydrogens (tertiary/aromatic N) is 1. The molecule has 0 bridgehead atoms. The predicted octanol–water partition coefficient (Wildman–Crippen LogP) is 0.713. The molecule has 0 radical (unpaired) electrons. The van der Waals surface area contributed by atoms with Crippen LogP contribution in [0, 0.1) is 0 Å². The van der Waals surface area contributed by atoms with Crippen molar-refractivity contribution >= 4 is 17.5 Å². The van der Waals surface area contributed by atoms with Crippen LogP contribution in [0.15, 0.2) is 30.7 Å². The van der Waals surface area contributed by atoms with Crippen LogP contribution in [-0.2, 0) is 11.2 Å². The van der Waals surface area contributed by atoms with Crippen molar-refractivity contribution in [2.24, 2.45) is 0 Å². The molecule has 21 heavy (non-hydrogen) atoms. The van der Waals surface area contributed by atoms with Gasteiger partial charge < -0.3 is 20.4 Å². The average Bonchev–Trinajstić information content (AvgIpc) is 3.00. The number of fused-ring (bicyclic) bond motifs is 1. The van der Waals surface area contributed by atoms with Crippen LogP contribution < -0.4 is 15.4 Å². The first-order chi connectivity index (χ1) is 10.2. The van der Waals surface area contributed by atoms with Gasteiger partial charge in [0.25, 0.3) is 11.8 Å². The Bertz CT molecular complexity index is 667. The van der Waals surface area contributed by atoms with E-state index in [4.69, 9.17) is 4.74 Å². The quantitative estimate of drug-likeness (QED) is 0.771. The summed E-state index contributed by atoms with van der Waals surface area (Å²) in [6, 6.07) is 4.94. The van der Waals surface area contributed by atoms with Crippen LogP contribution in [0.1, 0.15) is 16.1 Å². The Hall–Kier alpha value is -2.83. The minimum Gasteiger partial charge on any atom is -0.482 e.